The maximum atomic E-state index is 12.2. The molecule has 3 nitrogen and oxygen atoms in total. The highest BCUT2D eigenvalue weighted by Crippen LogP contribution is 2.19. The summed E-state index contributed by atoms with van der Waals surface area (Å²) in [5, 5.41) is 3.40. The maximum Gasteiger partial charge on any atom is 0.162 e. The first kappa shape index (κ1) is 15.0. The molecule has 1 atom stereocenters. The molecule has 1 unspecified atom stereocenters. The molecule has 1 N–H and O–H groups in total. The van der Waals surface area contributed by atoms with E-state index in [9.17, 15) is 4.79 Å². The van der Waals surface area contributed by atoms with Crippen LogP contribution < -0.4 is 10.1 Å². The molecule has 0 aliphatic carbocycles. The van der Waals surface area contributed by atoms with Crippen LogP contribution in [0.25, 0.3) is 0 Å². The Morgan fingerprint density at radius 2 is 2.15 bits per heavy atom. The molecule has 2 rings (SSSR count). The fourth-order valence-corrected chi connectivity index (χ4v) is 2.61. The lowest BCUT2D eigenvalue weighted by atomic mass is 9.92. The van der Waals surface area contributed by atoms with Crippen LogP contribution in [0.4, 0.5) is 0 Å². The van der Waals surface area contributed by atoms with Gasteiger partial charge in [0.05, 0.1) is 6.61 Å². The molecule has 1 fully saturated rings. The van der Waals surface area contributed by atoms with Gasteiger partial charge in [-0.2, -0.15) is 0 Å². The molecule has 1 aromatic carbocycles. The highest BCUT2D eigenvalue weighted by Gasteiger charge is 2.15. The molecule has 1 aliphatic rings. The molecule has 0 saturated carbocycles. The average Bonchev–Trinajstić information content (AvgIpc) is 2.52. The zero-order valence-corrected chi connectivity index (χ0v) is 12.4. The minimum atomic E-state index is 0.248. The molecule has 1 heterocycles. The van der Waals surface area contributed by atoms with E-state index in [1.165, 1.54) is 12.8 Å². The first-order chi connectivity index (χ1) is 9.79. The Morgan fingerprint density at radius 1 is 1.35 bits per heavy atom. The maximum absolute atomic E-state index is 12.2. The van der Waals surface area contributed by atoms with Crippen molar-refractivity contribution in [2.45, 2.75) is 39.0 Å². The fourth-order valence-electron chi connectivity index (χ4n) is 2.61. The second-order valence-corrected chi connectivity index (χ2v) is 5.55. The van der Waals surface area contributed by atoms with E-state index in [0.717, 1.165) is 43.9 Å². The summed E-state index contributed by atoms with van der Waals surface area (Å²) < 4.78 is 5.53. The molecular weight excluding hydrogens is 250 g/mol. The summed E-state index contributed by atoms with van der Waals surface area (Å²) in [5.41, 5.74) is 0.803. The van der Waals surface area contributed by atoms with Crippen LogP contribution in [0.1, 0.15) is 49.4 Å². The molecule has 3 heteroatoms. The first-order valence-corrected chi connectivity index (χ1v) is 7.76. The lowest BCUT2D eigenvalue weighted by Gasteiger charge is -2.22. The zero-order chi connectivity index (χ0) is 14.2. The number of nitrogens with one attached hydrogen (secondary N) is 1. The van der Waals surface area contributed by atoms with Crippen LogP contribution in [0.5, 0.6) is 5.75 Å². The van der Waals surface area contributed by atoms with Crippen LogP contribution in [0, 0.1) is 5.92 Å². The Labute approximate surface area is 121 Å². The molecule has 0 spiro atoms. The number of carbonyl (C=O) groups is 1. The number of Topliss-reactive ketones (excluding diaryl/α,β-unsaturated/α-hetero) is 1. The second-order valence-electron chi connectivity index (χ2n) is 5.55. The van der Waals surface area contributed by atoms with Crippen molar-refractivity contribution in [1.29, 1.82) is 0 Å². The van der Waals surface area contributed by atoms with E-state index in [1.807, 2.05) is 24.3 Å². The monoisotopic (exact) mass is 275 g/mol. The topological polar surface area (TPSA) is 38.3 Å². The first-order valence-electron chi connectivity index (χ1n) is 7.76. The third-order valence-electron chi connectivity index (χ3n) is 3.83. The van der Waals surface area contributed by atoms with Crippen LogP contribution in [0.3, 0.4) is 0 Å². The number of rotatable bonds is 7. The Morgan fingerprint density at radius 3 is 2.80 bits per heavy atom. The van der Waals surface area contributed by atoms with Crippen LogP contribution in [-0.4, -0.2) is 25.5 Å². The molecule has 0 bridgehead atoms. The summed E-state index contributed by atoms with van der Waals surface area (Å²) in [4.78, 5) is 12.2. The second kappa shape index (κ2) is 8.05. The number of hydrogen-bond donors (Lipinski definition) is 1. The van der Waals surface area contributed by atoms with E-state index in [-0.39, 0.29) is 5.78 Å². The number of ketones is 1. The van der Waals surface area contributed by atoms with Crippen molar-refractivity contribution >= 4 is 5.78 Å². The van der Waals surface area contributed by atoms with Gasteiger partial charge in [0.2, 0.25) is 0 Å². The van der Waals surface area contributed by atoms with Gasteiger partial charge in [-0.3, -0.25) is 4.79 Å². The quantitative estimate of drug-likeness (QED) is 0.775. The lowest BCUT2D eigenvalue weighted by Crippen LogP contribution is -2.30. The normalized spacial score (nSPS) is 18.8. The number of hydrogen-bond acceptors (Lipinski definition) is 3. The van der Waals surface area contributed by atoms with Gasteiger partial charge in [-0.1, -0.05) is 6.92 Å². The van der Waals surface area contributed by atoms with Crippen molar-refractivity contribution in [1.82, 2.24) is 5.32 Å². The van der Waals surface area contributed by atoms with E-state index in [4.69, 9.17) is 4.74 Å². The van der Waals surface area contributed by atoms with Crippen LogP contribution in [-0.2, 0) is 0 Å². The number of ether oxygens (including phenoxy) is 1. The van der Waals surface area contributed by atoms with Gasteiger partial charge in [-0.05, 0) is 69.0 Å². The number of carbonyl (C=O) groups excluding carboxylic acids is 1. The van der Waals surface area contributed by atoms with Crippen molar-refractivity contribution in [2.75, 3.05) is 19.7 Å². The predicted molar refractivity (Wildman–Crippen MR) is 81.4 cm³/mol. The van der Waals surface area contributed by atoms with E-state index in [2.05, 4.69) is 12.2 Å². The minimum absolute atomic E-state index is 0.248. The van der Waals surface area contributed by atoms with Gasteiger partial charge in [-0.15, -0.1) is 0 Å². The highest BCUT2D eigenvalue weighted by molar-refractivity contribution is 5.96. The molecular formula is C17H25NO2. The van der Waals surface area contributed by atoms with Crippen LogP contribution in [0.2, 0.25) is 0 Å². The summed E-state index contributed by atoms with van der Waals surface area (Å²) >= 11 is 0. The fraction of sp³-hybridized carbons (Fsp3) is 0.588. The minimum Gasteiger partial charge on any atom is -0.494 e. The van der Waals surface area contributed by atoms with Gasteiger partial charge in [0.25, 0.3) is 0 Å². The molecule has 20 heavy (non-hydrogen) atoms. The van der Waals surface area contributed by atoms with Crippen molar-refractivity contribution in [2.24, 2.45) is 5.92 Å². The van der Waals surface area contributed by atoms with Gasteiger partial charge in [0.15, 0.2) is 5.78 Å². The van der Waals surface area contributed by atoms with Gasteiger partial charge >= 0.3 is 0 Å². The van der Waals surface area contributed by atoms with E-state index in [1.54, 1.807) is 0 Å². The van der Waals surface area contributed by atoms with E-state index < -0.39 is 0 Å². The van der Waals surface area contributed by atoms with Crippen molar-refractivity contribution in [3.05, 3.63) is 29.8 Å². The van der Waals surface area contributed by atoms with Gasteiger partial charge in [-0.25, -0.2) is 0 Å². The SMILES string of the molecule is CCCOc1ccc(C(=O)CCC2CCCNC2)cc1. The third-order valence-corrected chi connectivity index (χ3v) is 3.83. The van der Waals surface area contributed by atoms with Gasteiger partial charge in [0.1, 0.15) is 5.75 Å². The average molecular weight is 275 g/mol. The molecule has 0 amide bonds. The van der Waals surface area contributed by atoms with Gasteiger partial charge in [0, 0.05) is 12.0 Å². The highest BCUT2D eigenvalue weighted by atomic mass is 16.5. The molecule has 1 saturated heterocycles. The third kappa shape index (κ3) is 4.64. The summed E-state index contributed by atoms with van der Waals surface area (Å²) in [7, 11) is 0. The number of benzene rings is 1. The Hall–Kier alpha value is -1.35. The summed E-state index contributed by atoms with van der Waals surface area (Å²) in [5.74, 6) is 1.76. The number of piperidine rings is 1. The largest absolute Gasteiger partial charge is 0.494 e. The van der Waals surface area contributed by atoms with E-state index in [0.29, 0.717) is 12.3 Å². The summed E-state index contributed by atoms with van der Waals surface area (Å²) in [6, 6.07) is 7.55. The van der Waals surface area contributed by atoms with Gasteiger partial charge < -0.3 is 10.1 Å². The molecule has 0 aromatic heterocycles. The van der Waals surface area contributed by atoms with Crippen molar-refractivity contribution < 1.29 is 9.53 Å². The van der Waals surface area contributed by atoms with Crippen LogP contribution in [0.15, 0.2) is 24.3 Å². The molecule has 1 aliphatic heterocycles. The molecule has 1 aromatic rings. The summed E-state index contributed by atoms with van der Waals surface area (Å²) in [6.45, 7) is 5.00. The Bertz CT molecular complexity index is 408. The Kier molecular flexibility index (Phi) is 6.06. The van der Waals surface area contributed by atoms with E-state index >= 15 is 0 Å². The lowest BCUT2D eigenvalue weighted by molar-refractivity contribution is 0.0971. The molecule has 110 valence electrons. The summed E-state index contributed by atoms with van der Waals surface area (Å²) in [6.07, 6.45) is 5.14. The standard InChI is InChI=1S/C17H25NO2/c1-2-12-20-16-8-6-15(7-9-16)17(19)10-5-14-4-3-11-18-13-14/h6-9,14,18H,2-5,10-13H2,1H3. The molecule has 0 radical (unpaired) electrons. The van der Waals surface area contributed by atoms with Crippen LogP contribution >= 0.6 is 0 Å². The van der Waals surface area contributed by atoms with Crippen molar-refractivity contribution in [3.8, 4) is 5.75 Å². The zero-order valence-electron chi connectivity index (χ0n) is 12.4. The Balaban J connectivity index is 1.79. The van der Waals surface area contributed by atoms with Crippen molar-refractivity contribution in [3.63, 3.8) is 0 Å². The predicted octanol–water partition coefficient (Wildman–Crippen LogP) is 3.44. The smallest absolute Gasteiger partial charge is 0.162 e.